The van der Waals surface area contributed by atoms with Crippen LogP contribution in [0, 0.1) is 0 Å². The van der Waals surface area contributed by atoms with Gasteiger partial charge < -0.3 is 0 Å². The van der Waals surface area contributed by atoms with Crippen molar-refractivity contribution in [1.82, 2.24) is 8.61 Å². The van der Waals surface area contributed by atoms with Crippen molar-refractivity contribution in [2.45, 2.75) is 31.7 Å². The topological polar surface area (TPSA) is 40.6 Å². The lowest BCUT2D eigenvalue weighted by molar-refractivity contribution is 0.253. The van der Waals surface area contributed by atoms with E-state index in [9.17, 15) is 8.42 Å². The van der Waals surface area contributed by atoms with Crippen LogP contribution in [0.1, 0.15) is 24.8 Å². The van der Waals surface area contributed by atoms with Crippen LogP contribution in [0.25, 0.3) is 0 Å². The predicted molar refractivity (Wildman–Crippen MR) is 86.8 cm³/mol. The van der Waals surface area contributed by atoms with E-state index in [0.29, 0.717) is 19.0 Å². The minimum atomic E-state index is -3.41. The highest BCUT2D eigenvalue weighted by Gasteiger charge is 2.34. The van der Waals surface area contributed by atoms with Gasteiger partial charge >= 0.3 is 0 Å². The normalized spacial score (nSPS) is 20.8. The summed E-state index contributed by atoms with van der Waals surface area (Å²) in [5, 5.41) is 0. The molecular formula is C15H23ClN2O2S. The molecule has 6 heteroatoms. The van der Waals surface area contributed by atoms with Gasteiger partial charge in [-0.15, -0.1) is 11.6 Å². The van der Waals surface area contributed by atoms with Gasteiger partial charge in [-0.25, -0.2) is 0 Å². The van der Waals surface area contributed by atoms with Crippen LogP contribution in [0.4, 0.5) is 0 Å². The van der Waals surface area contributed by atoms with E-state index in [1.54, 1.807) is 11.4 Å². The van der Waals surface area contributed by atoms with Gasteiger partial charge in [-0.05, 0) is 24.8 Å². The minimum Gasteiger partial charge on any atom is -0.195 e. The molecule has 1 aromatic rings. The summed E-state index contributed by atoms with van der Waals surface area (Å²) in [5.74, 6) is 0.367. The van der Waals surface area contributed by atoms with E-state index >= 15 is 0 Å². The summed E-state index contributed by atoms with van der Waals surface area (Å²) in [6, 6.07) is 9.87. The van der Waals surface area contributed by atoms with Crippen molar-refractivity contribution in [2.75, 3.05) is 26.0 Å². The second-order valence-corrected chi connectivity index (χ2v) is 7.78. The van der Waals surface area contributed by atoms with Crippen LogP contribution in [-0.2, 0) is 16.6 Å². The molecule has 1 aliphatic rings. The predicted octanol–water partition coefficient (Wildman–Crippen LogP) is 2.50. The van der Waals surface area contributed by atoms with E-state index in [1.165, 1.54) is 4.31 Å². The Labute approximate surface area is 132 Å². The monoisotopic (exact) mass is 330 g/mol. The first-order chi connectivity index (χ1) is 10.1. The van der Waals surface area contributed by atoms with Gasteiger partial charge in [-0.3, -0.25) is 0 Å². The Morgan fingerprint density at radius 2 is 2.00 bits per heavy atom. The summed E-state index contributed by atoms with van der Waals surface area (Å²) < 4.78 is 28.4. The van der Waals surface area contributed by atoms with E-state index < -0.39 is 10.2 Å². The molecule has 0 saturated carbocycles. The van der Waals surface area contributed by atoms with Gasteiger partial charge in [0.05, 0.1) is 0 Å². The number of nitrogens with zero attached hydrogens (tertiary/aromatic N) is 2. The fourth-order valence-corrected chi connectivity index (χ4v) is 4.66. The molecule has 0 spiro atoms. The quantitative estimate of drug-likeness (QED) is 0.752. The molecule has 21 heavy (non-hydrogen) atoms. The number of hydrogen-bond donors (Lipinski definition) is 0. The fraction of sp³-hybridized carbons (Fsp3) is 0.600. The van der Waals surface area contributed by atoms with Crippen molar-refractivity contribution in [3.8, 4) is 0 Å². The maximum absolute atomic E-state index is 12.7. The van der Waals surface area contributed by atoms with Crippen LogP contribution in [-0.4, -0.2) is 49.1 Å². The van der Waals surface area contributed by atoms with Crippen molar-refractivity contribution in [3.63, 3.8) is 0 Å². The van der Waals surface area contributed by atoms with E-state index in [-0.39, 0.29) is 6.04 Å². The number of hydrogen-bond acceptors (Lipinski definition) is 2. The molecule has 1 aromatic carbocycles. The zero-order chi connectivity index (χ0) is 15.3. The Morgan fingerprint density at radius 1 is 1.29 bits per heavy atom. The van der Waals surface area contributed by atoms with E-state index in [1.807, 2.05) is 30.3 Å². The molecular weight excluding hydrogens is 308 g/mol. The lowest BCUT2D eigenvalue weighted by atomic mass is 10.1. The molecule has 2 rings (SSSR count). The minimum absolute atomic E-state index is 0.0652. The average molecular weight is 331 g/mol. The maximum atomic E-state index is 12.7. The van der Waals surface area contributed by atoms with Gasteiger partial charge in [0.2, 0.25) is 0 Å². The van der Waals surface area contributed by atoms with Crippen LogP contribution < -0.4 is 0 Å². The Morgan fingerprint density at radius 3 is 2.67 bits per heavy atom. The third kappa shape index (κ3) is 4.19. The third-order valence-corrected chi connectivity index (χ3v) is 6.40. The Hall–Kier alpha value is -0.620. The van der Waals surface area contributed by atoms with E-state index in [0.717, 1.165) is 31.2 Å². The Bertz CT molecular complexity index is 536. The Kier molecular flexibility index (Phi) is 6.05. The second-order valence-electron chi connectivity index (χ2n) is 5.48. The highest BCUT2D eigenvalue weighted by atomic mass is 35.5. The molecule has 0 amide bonds. The van der Waals surface area contributed by atoms with Gasteiger partial charge in [0.15, 0.2) is 0 Å². The highest BCUT2D eigenvalue weighted by molar-refractivity contribution is 7.86. The summed E-state index contributed by atoms with van der Waals surface area (Å²) in [6.07, 6.45) is 3.54. The van der Waals surface area contributed by atoms with Crippen LogP contribution in [0.15, 0.2) is 30.3 Å². The van der Waals surface area contributed by atoms with Gasteiger partial charge in [-0.1, -0.05) is 36.8 Å². The van der Waals surface area contributed by atoms with E-state index in [2.05, 4.69) is 0 Å². The smallest absolute Gasteiger partial charge is 0.195 e. The molecule has 1 aliphatic heterocycles. The maximum Gasteiger partial charge on any atom is 0.282 e. The molecule has 0 aromatic heterocycles. The fourth-order valence-electron chi connectivity index (χ4n) is 2.66. The molecule has 0 radical (unpaired) electrons. The molecule has 4 nitrogen and oxygen atoms in total. The molecule has 118 valence electrons. The van der Waals surface area contributed by atoms with Crippen LogP contribution >= 0.6 is 11.6 Å². The van der Waals surface area contributed by atoms with Crippen molar-refractivity contribution in [3.05, 3.63) is 35.9 Å². The summed E-state index contributed by atoms with van der Waals surface area (Å²) in [5.41, 5.74) is 1.15. The lowest BCUT2D eigenvalue weighted by Crippen LogP contribution is -2.50. The zero-order valence-electron chi connectivity index (χ0n) is 12.4. The van der Waals surface area contributed by atoms with Gasteiger partial charge in [0.1, 0.15) is 0 Å². The Balaban J connectivity index is 2.00. The molecule has 1 heterocycles. The summed E-state index contributed by atoms with van der Waals surface area (Å²) in [7, 11) is -1.76. The van der Waals surface area contributed by atoms with Crippen molar-refractivity contribution >= 4 is 21.8 Å². The van der Waals surface area contributed by atoms with E-state index in [4.69, 9.17) is 11.6 Å². The van der Waals surface area contributed by atoms with Gasteiger partial charge in [0, 0.05) is 32.1 Å². The van der Waals surface area contributed by atoms with Crippen LogP contribution in [0.2, 0.25) is 0 Å². The molecule has 1 unspecified atom stereocenters. The first-order valence-corrected chi connectivity index (χ1v) is 9.32. The number of alkyl halides is 1. The van der Waals surface area contributed by atoms with Crippen molar-refractivity contribution < 1.29 is 8.42 Å². The summed E-state index contributed by atoms with van der Waals surface area (Å²) in [4.78, 5) is 0. The number of likely N-dealkylation sites (N-methyl/N-ethyl adjacent to an activating group) is 1. The van der Waals surface area contributed by atoms with Crippen LogP contribution in [0.5, 0.6) is 0 Å². The number of benzene rings is 1. The first kappa shape index (κ1) is 16.7. The van der Waals surface area contributed by atoms with Crippen molar-refractivity contribution in [1.29, 1.82) is 0 Å². The van der Waals surface area contributed by atoms with Crippen molar-refractivity contribution in [2.24, 2.45) is 0 Å². The standard InChI is InChI=1S/C15H23ClN2O2S/c1-17(12-10-14-7-3-2-4-8-14)21(19,20)18-11-6-5-9-15(18)13-16/h2-4,7-8,15H,5-6,9-13H2,1H3. The largest absolute Gasteiger partial charge is 0.282 e. The lowest BCUT2D eigenvalue weighted by Gasteiger charge is -2.36. The van der Waals surface area contributed by atoms with Gasteiger partial charge in [-0.2, -0.15) is 17.0 Å². The molecule has 1 fully saturated rings. The first-order valence-electron chi connectivity index (χ1n) is 7.38. The van der Waals surface area contributed by atoms with Crippen LogP contribution in [0.3, 0.4) is 0 Å². The molecule has 0 N–H and O–H groups in total. The average Bonchev–Trinajstić information content (AvgIpc) is 2.53. The number of halogens is 1. The number of rotatable bonds is 6. The SMILES string of the molecule is CN(CCc1ccccc1)S(=O)(=O)N1CCCCC1CCl. The second kappa shape index (κ2) is 7.58. The molecule has 1 atom stereocenters. The third-order valence-electron chi connectivity index (χ3n) is 4.00. The highest BCUT2D eigenvalue weighted by Crippen LogP contribution is 2.23. The zero-order valence-corrected chi connectivity index (χ0v) is 14.0. The summed E-state index contributed by atoms with van der Waals surface area (Å²) in [6.45, 7) is 1.06. The van der Waals surface area contributed by atoms with Gasteiger partial charge in [0.25, 0.3) is 10.2 Å². The molecule has 0 bridgehead atoms. The number of piperidine rings is 1. The summed E-state index contributed by atoms with van der Waals surface area (Å²) >= 11 is 5.93. The molecule has 0 aliphatic carbocycles. The molecule has 1 saturated heterocycles.